The molecular weight excluding hydrogens is 371 g/mol. The number of benzene rings is 2. The summed E-state index contributed by atoms with van der Waals surface area (Å²) in [7, 11) is 0. The van der Waals surface area contributed by atoms with Crippen molar-refractivity contribution in [1.29, 1.82) is 5.26 Å². The zero-order valence-corrected chi connectivity index (χ0v) is 14.5. The van der Waals surface area contributed by atoms with Gasteiger partial charge in [0.05, 0.1) is 28.7 Å². The fourth-order valence-corrected chi connectivity index (χ4v) is 2.33. The van der Waals surface area contributed by atoms with Crippen molar-refractivity contribution >= 4 is 28.9 Å². The van der Waals surface area contributed by atoms with Crippen LogP contribution in [0.15, 0.2) is 42.5 Å². The maximum atomic E-state index is 14.0. The Hall–Kier alpha value is -4.00. The van der Waals surface area contributed by atoms with Gasteiger partial charge in [-0.1, -0.05) is 12.1 Å². The summed E-state index contributed by atoms with van der Waals surface area (Å²) in [5.41, 5.74) is 4.65. The quantitative estimate of drug-likeness (QED) is 0.333. The first-order valence-corrected chi connectivity index (χ1v) is 7.98. The lowest BCUT2D eigenvalue weighted by Gasteiger charge is -2.22. The number of nitrogen functional groups attached to an aromatic ring is 1. The van der Waals surface area contributed by atoms with Gasteiger partial charge in [-0.25, -0.2) is 9.18 Å². The van der Waals surface area contributed by atoms with Crippen molar-refractivity contribution in [2.75, 3.05) is 23.8 Å². The molecule has 2 rings (SSSR count). The molecule has 2 aromatic carbocycles. The van der Waals surface area contributed by atoms with E-state index < -0.39 is 34.9 Å². The molecule has 0 unspecified atom stereocenters. The van der Waals surface area contributed by atoms with Gasteiger partial charge in [-0.15, -0.1) is 0 Å². The van der Waals surface area contributed by atoms with E-state index in [9.17, 15) is 24.1 Å². The van der Waals surface area contributed by atoms with Crippen LogP contribution >= 0.6 is 0 Å². The van der Waals surface area contributed by atoms with Crippen molar-refractivity contribution in [1.82, 2.24) is 0 Å². The van der Waals surface area contributed by atoms with E-state index >= 15 is 0 Å². The minimum atomic E-state index is -0.981. The van der Waals surface area contributed by atoms with E-state index in [1.807, 2.05) is 6.07 Å². The second kappa shape index (κ2) is 9.09. The smallest absolute Gasteiger partial charge is 0.338 e. The first-order valence-electron chi connectivity index (χ1n) is 7.98. The van der Waals surface area contributed by atoms with Gasteiger partial charge in [0.2, 0.25) is 0 Å². The highest BCUT2D eigenvalue weighted by Gasteiger charge is 2.22. The van der Waals surface area contributed by atoms with Crippen LogP contribution in [0.4, 0.5) is 21.5 Å². The molecule has 2 aromatic rings. The van der Waals surface area contributed by atoms with E-state index in [0.717, 1.165) is 17.0 Å². The Balaban J connectivity index is 2.13. The zero-order chi connectivity index (χ0) is 20.7. The van der Waals surface area contributed by atoms with Gasteiger partial charge in [-0.3, -0.25) is 14.9 Å². The summed E-state index contributed by atoms with van der Waals surface area (Å²) in [6.07, 6.45) is -0.0574. The maximum absolute atomic E-state index is 14.0. The summed E-state index contributed by atoms with van der Waals surface area (Å²) in [4.78, 5) is 35.6. The molecule has 0 aliphatic rings. The van der Waals surface area contributed by atoms with Gasteiger partial charge in [0.15, 0.2) is 6.61 Å². The lowest BCUT2D eigenvalue weighted by atomic mass is 10.2. The van der Waals surface area contributed by atoms with Crippen molar-refractivity contribution in [2.45, 2.75) is 6.42 Å². The van der Waals surface area contributed by atoms with Crippen LogP contribution in [-0.4, -0.2) is 30.0 Å². The molecule has 1 amide bonds. The fourth-order valence-electron chi connectivity index (χ4n) is 2.33. The largest absolute Gasteiger partial charge is 0.452 e. The number of nitriles is 1. The van der Waals surface area contributed by atoms with Crippen LogP contribution in [0.25, 0.3) is 0 Å². The molecule has 0 aromatic heterocycles. The lowest BCUT2D eigenvalue weighted by molar-refractivity contribution is -0.383. The predicted octanol–water partition coefficient (Wildman–Crippen LogP) is 2.42. The highest BCUT2D eigenvalue weighted by atomic mass is 19.1. The maximum Gasteiger partial charge on any atom is 0.338 e. The molecule has 28 heavy (non-hydrogen) atoms. The SMILES string of the molecule is N#CCCN(C(=O)COC(=O)c1ccc(N)c([N+](=O)[O-])c1)c1ccccc1F. The number of anilines is 2. The van der Waals surface area contributed by atoms with Gasteiger partial charge in [0, 0.05) is 12.6 Å². The standard InChI is InChI=1S/C18H15FN4O5/c19-13-4-1-2-5-15(13)22(9-3-8-20)17(24)11-28-18(25)12-6-7-14(21)16(10-12)23(26)27/h1-2,4-7,10H,3,9,11,21H2. The molecule has 0 spiro atoms. The van der Waals surface area contributed by atoms with Crippen LogP contribution in [0.1, 0.15) is 16.8 Å². The molecule has 0 radical (unpaired) electrons. The molecular formula is C18H15FN4O5. The second-order valence-electron chi connectivity index (χ2n) is 5.51. The van der Waals surface area contributed by atoms with Crippen molar-refractivity contribution in [3.05, 3.63) is 64.0 Å². The second-order valence-corrected chi connectivity index (χ2v) is 5.51. The van der Waals surface area contributed by atoms with E-state index in [4.69, 9.17) is 15.7 Å². The van der Waals surface area contributed by atoms with E-state index in [2.05, 4.69) is 0 Å². The minimum absolute atomic E-state index is 0.0538. The highest BCUT2D eigenvalue weighted by Crippen LogP contribution is 2.23. The number of carbonyl (C=O) groups excluding carboxylic acids is 2. The number of carbonyl (C=O) groups is 2. The fraction of sp³-hybridized carbons (Fsp3) is 0.167. The normalized spacial score (nSPS) is 10.0. The van der Waals surface area contributed by atoms with E-state index in [1.54, 1.807) is 0 Å². The van der Waals surface area contributed by atoms with Crippen LogP contribution in [-0.2, 0) is 9.53 Å². The molecule has 10 heteroatoms. The first kappa shape index (κ1) is 20.3. The summed E-state index contributed by atoms with van der Waals surface area (Å²) < 4.78 is 18.9. The Morgan fingerprint density at radius 2 is 2.00 bits per heavy atom. The number of hydrogen-bond acceptors (Lipinski definition) is 7. The summed E-state index contributed by atoms with van der Waals surface area (Å²) in [6, 6.07) is 10.7. The molecule has 0 aliphatic carbocycles. The summed E-state index contributed by atoms with van der Waals surface area (Å²) >= 11 is 0. The average molecular weight is 386 g/mol. The topological polar surface area (TPSA) is 140 Å². The van der Waals surface area contributed by atoms with Crippen molar-refractivity contribution in [3.8, 4) is 6.07 Å². The number of rotatable bonds is 7. The highest BCUT2D eigenvalue weighted by molar-refractivity contribution is 5.97. The van der Waals surface area contributed by atoms with Crippen LogP contribution < -0.4 is 10.6 Å². The van der Waals surface area contributed by atoms with Gasteiger partial charge in [0.1, 0.15) is 11.5 Å². The third-order valence-corrected chi connectivity index (χ3v) is 3.68. The monoisotopic (exact) mass is 386 g/mol. The number of halogens is 1. The van der Waals surface area contributed by atoms with E-state index in [-0.39, 0.29) is 29.9 Å². The molecule has 144 valence electrons. The van der Waals surface area contributed by atoms with E-state index in [1.165, 1.54) is 30.3 Å². The number of amides is 1. The Labute approximate surface area is 158 Å². The van der Waals surface area contributed by atoms with Crippen molar-refractivity contribution in [2.24, 2.45) is 0 Å². The number of nitro benzene ring substituents is 1. The molecule has 0 atom stereocenters. The number of nitro groups is 1. The van der Waals surface area contributed by atoms with Gasteiger partial charge in [-0.05, 0) is 24.3 Å². The third kappa shape index (κ3) is 4.79. The number of esters is 1. The molecule has 0 saturated heterocycles. The van der Waals surface area contributed by atoms with Crippen molar-refractivity contribution in [3.63, 3.8) is 0 Å². The van der Waals surface area contributed by atoms with Crippen LogP contribution in [0.5, 0.6) is 0 Å². The minimum Gasteiger partial charge on any atom is -0.452 e. The number of ether oxygens (including phenoxy) is 1. The molecule has 0 fully saturated rings. The molecule has 0 saturated carbocycles. The first-order chi connectivity index (χ1) is 13.3. The Morgan fingerprint density at radius 3 is 2.64 bits per heavy atom. The summed E-state index contributed by atoms with van der Waals surface area (Å²) in [5, 5.41) is 19.6. The van der Waals surface area contributed by atoms with Crippen LogP contribution in [0, 0.1) is 27.3 Å². The lowest BCUT2D eigenvalue weighted by Crippen LogP contribution is -2.36. The average Bonchev–Trinajstić information content (AvgIpc) is 2.67. The number of para-hydroxylation sites is 1. The van der Waals surface area contributed by atoms with Crippen molar-refractivity contribution < 1.29 is 23.6 Å². The summed E-state index contributed by atoms with van der Waals surface area (Å²) in [5.74, 6) is -2.40. The van der Waals surface area contributed by atoms with Gasteiger partial charge < -0.3 is 15.4 Å². The summed E-state index contributed by atoms with van der Waals surface area (Å²) in [6.45, 7) is -0.835. The Bertz CT molecular complexity index is 957. The molecule has 0 heterocycles. The number of nitrogens with two attached hydrogens (primary N) is 1. The van der Waals surface area contributed by atoms with Crippen LogP contribution in [0.2, 0.25) is 0 Å². The predicted molar refractivity (Wildman–Crippen MR) is 96.8 cm³/mol. The third-order valence-electron chi connectivity index (χ3n) is 3.68. The van der Waals surface area contributed by atoms with Gasteiger partial charge in [-0.2, -0.15) is 5.26 Å². The molecule has 9 nitrogen and oxygen atoms in total. The Kier molecular flexibility index (Phi) is 6.59. The molecule has 2 N–H and O–H groups in total. The number of nitrogens with zero attached hydrogens (tertiary/aromatic N) is 3. The van der Waals surface area contributed by atoms with E-state index in [0.29, 0.717) is 0 Å². The molecule has 0 aliphatic heterocycles. The number of hydrogen-bond donors (Lipinski definition) is 1. The zero-order valence-electron chi connectivity index (χ0n) is 14.5. The Morgan fingerprint density at radius 1 is 1.29 bits per heavy atom. The van der Waals surface area contributed by atoms with Crippen LogP contribution in [0.3, 0.4) is 0 Å². The van der Waals surface area contributed by atoms with Gasteiger partial charge in [0.25, 0.3) is 11.6 Å². The molecule has 0 bridgehead atoms. The van der Waals surface area contributed by atoms with Gasteiger partial charge >= 0.3 is 5.97 Å².